The van der Waals surface area contributed by atoms with Crippen molar-refractivity contribution in [1.29, 1.82) is 0 Å². The van der Waals surface area contributed by atoms with Gasteiger partial charge in [0.25, 0.3) is 0 Å². The molecule has 0 rings (SSSR count). The van der Waals surface area contributed by atoms with Crippen LogP contribution in [-0.4, -0.2) is 15.2 Å². The molecule has 2 nitrogen and oxygen atoms in total. The van der Waals surface area contributed by atoms with Crippen molar-refractivity contribution in [2.24, 2.45) is 10.3 Å². The van der Waals surface area contributed by atoms with Crippen LogP contribution in [0.2, 0.25) is 0 Å². The first-order valence-corrected chi connectivity index (χ1v) is 5.98. The standard InChI is InChI=1S/C10H21NOS/c1-6-9(7-2)8-11-13(12)10(3,4)5/h8-9H,6-7H2,1-5H3/t13-/m1/s1. The van der Waals surface area contributed by atoms with Crippen molar-refractivity contribution in [2.45, 2.75) is 52.2 Å². The zero-order chi connectivity index (χ0) is 10.5. The summed E-state index contributed by atoms with van der Waals surface area (Å²) in [5.74, 6) is 0.478. The molecule has 0 radical (unpaired) electrons. The van der Waals surface area contributed by atoms with Crippen molar-refractivity contribution in [3.63, 3.8) is 0 Å². The second kappa shape index (κ2) is 5.53. The van der Waals surface area contributed by atoms with Crippen LogP contribution in [0.5, 0.6) is 0 Å². The van der Waals surface area contributed by atoms with E-state index in [4.69, 9.17) is 0 Å². The van der Waals surface area contributed by atoms with Crippen LogP contribution < -0.4 is 0 Å². The van der Waals surface area contributed by atoms with E-state index in [1.165, 1.54) is 0 Å². The fourth-order valence-corrected chi connectivity index (χ4v) is 1.40. The maximum Gasteiger partial charge on any atom is 0.144 e. The Hall–Kier alpha value is -0.180. The summed E-state index contributed by atoms with van der Waals surface area (Å²) >= 11 is 0. The minimum Gasteiger partial charge on any atom is -0.234 e. The molecule has 0 aliphatic heterocycles. The van der Waals surface area contributed by atoms with E-state index < -0.39 is 11.0 Å². The fraction of sp³-hybridized carbons (Fsp3) is 0.900. The van der Waals surface area contributed by atoms with E-state index in [0.29, 0.717) is 5.92 Å². The highest BCUT2D eigenvalue weighted by Crippen LogP contribution is 2.13. The SMILES string of the molecule is CCC(C=N[S@](=O)C(C)(C)C)CC. The predicted molar refractivity (Wildman–Crippen MR) is 60.5 cm³/mol. The van der Waals surface area contributed by atoms with Gasteiger partial charge >= 0.3 is 0 Å². The van der Waals surface area contributed by atoms with Gasteiger partial charge in [-0.3, -0.25) is 0 Å². The lowest BCUT2D eigenvalue weighted by Gasteiger charge is -2.13. The van der Waals surface area contributed by atoms with Gasteiger partial charge in [-0.05, 0) is 39.5 Å². The molecule has 78 valence electrons. The Morgan fingerprint density at radius 2 is 1.77 bits per heavy atom. The lowest BCUT2D eigenvalue weighted by atomic mass is 10.1. The van der Waals surface area contributed by atoms with Gasteiger partial charge in [-0.15, -0.1) is 0 Å². The molecule has 3 heteroatoms. The van der Waals surface area contributed by atoms with Crippen molar-refractivity contribution < 1.29 is 4.21 Å². The minimum atomic E-state index is -1.09. The summed E-state index contributed by atoms with van der Waals surface area (Å²) in [5.41, 5.74) is 0. The molecule has 0 aliphatic rings. The third-order valence-corrected chi connectivity index (χ3v) is 3.30. The smallest absolute Gasteiger partial charge is 0.144 e. The molecule has 0 aromatic heterocycles. The second-order valence-electron chi connectivity index (χ2n) is 4.19. The van der Waals surface area contributed by atoms with E-state index in [9.17, 15) is 4.21 Å². The van der Waals surface area contributed by atoms with Crippen LogP contribution in [-0.2, 0) is 11.0 Å². The van der Waals surface area contributed by atoms with E-state index in [2.05, 4.69) is 18.2 Å². The molecule has 0 saturated heterocycles. The Bertz CT molecular complexity index is 190. The summed E-state index contributed by atoms with van der Waals surface area (Å²) < 4.78 is 15.4. The molecule has 0 unspecified atom stereocenters. The molecule has 1 atom stereocenters. The van der Waals surface area contributed by atoms with Gasteiger partial charge < -0.3 is 0 Å². The molecule has 0 bridgehead atoms. The highest BCUT2D eigenvalue weighted by Gasteiger charge is 2.18. The van der Waals surface area contributed by atoms with Gasteiger partial charge in [-0.1, -0.05) is 13.8 Å². The molecular weight excluding hydrogens is 182 g/mol. The highest BCUT2D eigenvalue weighted by molar-refractivity contribution is 7.85. The van der Waals surface area contributed by atoms with Crippen molar-refractivity contribution in [2.75, 3.05) is 0 Å². The minimum absolute atomic E-state index is 0.234. The van der Waals surface area contributed by atoms with Crippen LogP contribution in [0.25, 0.3) is 0 Å². The summed E-state index contributed by atoms with van der Waals surface area (Å²) in [6, 6.07) is 0. The largest absolute Gasteiger partial charge is 0.234 e. The molecule has 0 aromatic carbocycles. The first kappa shape index (κ1) is 12.8. The molecule has 0 saturated carbocycles. The molecule has 0 heterocycles. The Labute approximate surface area is 84.4 Å². The van der Waals surface area contributed by atoms with Gasteiger partial charge in [0.2, 0.25) is 0 Å². The maximum absolute atomic E-state index is 11.5. The number of rotatable bonds is 4. The van der Waals surface area contributed by atoms with Crippen LogP contribution in [0.3, 0.4) is 0 Å². The van der Waals surface area contributed by atoms with Gasteiger partial charge in [0.15, 0.2) is 0 Å². The van der Waals surface area contributed by atoms with E-state index in [-0.39, 0.29) is 4.75 Å². The Morgan fingerprint density at radius 3 is 2.08 bits per heavy atom. The normalized spacial score (nSPS) is 15.5. The topological polar surface area (TPSA) is 29.4 Å². The molecule has 0 spiro atoms. The molecule has 13 heavy (non-hydrogen) atoms. The van der Waals surface area contributed by atoms with E-state index in [1.54, 1.807) is 0 Å². The number of nitrogens with zero attached hydrogens (tertiary/aromatic N) is 1. The van der Waals surface area contributed by atoms with Crippen molar-refractivity contribution in [3.05, 3.63) is 0 Å². The van der Waals surface area contributed by atoms with E-state index >= 15 is 0 Å². The molecule has 0 amide bonds. The van der Waals surface area contributed by atoms with Crippen molar-refractivity contribution >= 4 is 17.2 Å². The lowest BCUT2D eigenvalue weighted by Crippen LogP contribution is -2.20. The zero-order valence-corrected chi connectivity index (χ0v) is 10.1. The molecule has 0 N–H and O–H groups in total. The average molecular weight is 203 g/mol. The molecule has 0 fully saturated rings. The van der Waals surface area contributed by atoms with Gasteiger partial charge in [-0.25, -0.2) is 4.21 Å². The second-order valence-corrected chi connectivity index (χ2v) is 6.13. The lowest BCUT2D eigenvalue weighted by molar-refractivity contribution is 0.644. The highest BCUT2D eigenvalue weighted by atomic mass is 32.2. The fourth-order valence-electron chi connectivity index (χ4n) is 0.799. The van der Waals surface area contributed by atoms with E-state index in [0.717, 1.165) is 12.8 Å². The van der Waals surface area contributed by atoms with Crippen molar-refractivity contribution in [1.82, 2.24) is 0 Å². The summed E-state index contributed by atoms with van der Waals surface area (Å²) in [6.45, 7) is 10.1. The van der Waals surface area contributed by atoms with Crippen LogP contribution in [0.4, 0.5) is 0 Å². The molecule has 0 aromatic rings. The Morgan fingerprint density at radius 1 is 1.31 bits per heavy atom. The van der Waals surface area contributed by atoms with Crippen LogP contribution >= 0.6 is 0 Å². The van der Waals surface area contributed by atoms with Gasteiger partial charge in [0, 0.05) is 6.21 Å². The average Bonchev–Trinajstić information content (AvgIpc) is 2.04. The first-order chi connectivity index (χ1) is 5.91. The number of hydrogen-bond donors (Lipinski definition) is 0. The summed E-state index contributed by atoms with van der Waals surface area (Å²) in [6.07, 6.45) is 3.99. The third kappa shape index (κ3) is 5.19. The molecule has 0 aliphatic carbocycles. The Balaban J connectivity index is 4.19. The van der Waals surface area contributed by atoms with Crippen LogP contribution in [0.15, 0.2) is 4.40 Å². The third-order valence-electron chi connectivity index (χ3n) is 1.94. The van der Waals surface area contributed by atoms with Gasteiger partial charge in [0.1, 0.15) is 11.0 Å². The maximum atomic E-state index is 11.5. The predicted octanol–water partition coefficient (Wildman–Crippen LogP) is 2.96. The van der Waals surface area contributed by atoms with Crippen LogP contribution in [0.1, 0.15) is 47.5 Å². The van der Waals surface area contributed by atoms with E-state index in [1.807, 2.05) is 27.0 Å². The first-order valence-electron chi connectivity index (χ1n) is 4.88. The molecular formula is C10H21NOS. The quantitative estimate of drug-likeness (QED) is 0.646. The number of hydrogen-bond acceptors (Lipinski definition) is 1. The van der Waals surface area contributed by atoms with Gasteiger partial charge in [0.05, 0.1) is 4.75 Å². The Kier molecular flexibility index (Phi) is 5.45. The monoisotopic (exact) mass is 203 g/mol. The zero-order valence-electron chi connectivity index (χ0n) is 9.33. The summed E-state index contributed by atoms with van der Waals surface area (Å²) in [7, 11) is -1.09. The van der Waals surface area contributed by atoms with Crippen LogP contribution in [0, 0.1) is 5.92 Å². The summed E-state index contributed by atoms with van der Waals surface area (Å²) in [5, 5.41) is 0. The van der Waals surface area contributed by atoms with Crippen molar-refractivity contribution in [3.8, 4) is 0 Å². The summed E-state index contributed by atoms with van der Waals surface area (Å²) in [4.78, 5) is 0. The van der Waals surface area contributed by atoms with Gasteiger partial charge in [-0.2, -0.15) is 4.40 Å².